The zero-order valence-electron chi connectivity index (χ0n) is 27.5. The molecule has 0 spiro atoms. The van der Waals surface area contributed by atoms with Gasteiger partial charge >= 0.3 is 41.8 Å². The third-order valence-electron chi connectivity index (χ3n) is 6.85. The maximum Gasteiger partial charge on any atom is 0.338 e. The van der Waals surface area contributed by atoms with Gasteiger partial charge in [-0.1, -0.05) is 18.2 Å². The summed E-state index contributed by atoms with van der Waals surface area (Å²) in [5.41, 5.74) is 0.0346. The second-order valence-corrected chi connectivity index (χ2v) is 10.8. The minimum Gasteiger partial charge on any atom is -0.463 e. The minimum atomic E-state index is -1.97. The molecule has 18 heteroatoms. The number of rotatable bonds is 12. The molecule has 49 heavy (non-hydrogen) atoms. The lowest BCUT2D eigenvalue weighted by atomic mass is 9.96. The summed E-state index contributed by atoms with van der Waals surface area (Å²) in [6, 6.07) is 7.55. The lowest BCUT2D eigenvalue weighted by Crippen LogP contribution is -2.67. The Morgan fingerprint density at radius 1 is 0.551 bits per heavy atom. The Balaban J connectivity index is 2.18. The maximum absolute atomic E-state index is 13.4. The Morgan fingerprint density at radius 2 is 1.00 bits per heavy atom. The molecule has 2 aliphatic heterocycles. The van der Waals surface area contributed by atoms with Crippen molar-refractivity contribution in [1.29, 1.82) is 0 Å². The Morgan fingerprint density at radius 3 is 1.49 bits per heavy atom. The van der Waals surface area contributed by atoms with Gasteiger partial charge in [0.2, 0.25) is 0 Å². The molecule has 0 bridgehead atoms. The molecule has 0 aliphatic carbocycles. The number of hydrogen-bond donors (Lipinski definition) is 1. The van der Waals surface area contributed by atoms with Gasteiger partial charge in [-0.25, -0.2) is 4.79 Å². The summed E-state index contributed by atoms with van der Waals surface area (Å²) < 4.78 is 55.3. The van der Waals surface area contributed by atoms with Crippen LogP contribution in [0.25, 0.3) is 0 Å². The molecule has 2 fully saturated rings. The third-order valence-corrected chi connectivity index (χ3v) is 6.85. The van der Waals surface area contributed by atoms with Crippen LogP contribution in [0.15, 0.2) is 30.3 Å². The fraction of sp³-hybridized carbons (Fsp3) is 0.581. The number of aliphatic hydroxyl groups excluding tert-OH is 1. The van der Waals surface area contributed by atoms with Crippen LogP contribution in [0.1, 0.15) is 51.9 Å². The van der Waals surface area contributed by atoms with Gasteiger partial charge in [-0.2, -0.15) is 0 Å². The van der Waals surface area contributed by atoms with E-state index in [1.54, 1.807) is 18.2 Å². The molecule has 18 nitrogen and oxygen atoms in total. The highest BCUT2D eigenvalue weighted by Crippen LogP contribution is 2.35. The summed E-state index contributed by atoms with van der Waals surface area (Å²) in [5, 5.41) is 10.9. The highest BCUT2D eigenvalue weighted by atomic mass is 16.8. The van der Waals surface area contributed by atoms with Crippen LogP contribution in [0.5, 0.6) is 0 Å². The second kappa shape index (κ2) is 17.7. The summed E-state index contributed by atoms with van der Waals surface area (Å²) in [6.07, 6.45) is -16.8. The molecule has 2 aliphatic rings. The number of carbonyl (C=O) groups is 7. The number of hydrogen-bond acceptors (Lipinski definition) is 18. The summed E-state index contributed by atoms with van der Waals surface area (Å²) >= 11 is 0. The Labute approximate surface area is 280 Å². The van der Waals surface area contributed by atoms with E-state index in [2.05, 4.69) is 0 Å². The van der Waals surface area contributed by atoms with Crippen LogP contribution in [-0.4, -0.2) is 122 Å². The van der Waals surface area contributed by atoms with Gasteiger partial charge in [0.1, 0.15) is 31.5 Å². The molecule has 270 valence electrons. The van der Waals surface area contributed by atoms with Crippen LogP contribution in [0, 0.1) is 0 Å². The number of aliphatic hydroxyl groups is 1. The van der Waals surface area contributed by atoms with E-state index < -0.39 is 116 Å². The lowest BCUT2D eigenvalue weighted by molar-refractivity contribution is -0.356. The average molecular weight is 699 g/mol. The number of benzene rings is 1. The highest BCUT2D eigenvalue weighted by molar-refractivity contribution is 5.89. The first-order chi connectivity index (χ1) is 23.1. The van der Waals surface area contributed by atoms with Crippen LogP contribution < -0.4 is 0 Å². The molecular formula is C31H38O18. The van der Waals surface area contributed by atoms with Crippen LogP contribution >= 0.6 is 0 Å². The van der Waals surface area contributed by atoms with Crippen molar-refractivity contribution in [2.24, 2.45) is 0 Å². The van der Waals surface area contributed by atoms with Gasteiger partial charge < -0.3 is 52.5 Å². The fourth-order valence-electron chi connectivity index (χ4n) is 5.06. The second-order valence-electron chi connectivity index (χ2n) is 10.8. The number of esters is 7. The van der Waals surface area contributed by atoms with Gasteiger partial charge in [-0.3, -0.25) is 28.8 Å². The molecular weight excluding hydrogens is 660 g/mol. The Bertz CT molecular complexity index is 1360. The van der Waals surface area contributed by atoms with Crippen molar-refractivity contribution >= 4 is 41.8 Å². The fourth-order valence-corrected chi connectivity index (χ4v) is 5.06. The molecule has 1 aromatic carbocycles. The zero-order chi connectivity index (χ0) is 36.4. The molecule has 1 aromatic rings. The summed E-state index contributed by atoms with van der Waals surface area (Å²) in [5.74, 6) is -6.13. The van der Waals surface area contributed by atoms with Crippen molar-refractivity contribution < 1.29 is 86.0 Å². The van der Waals surface area contributed by atoms with Gasteiger partial charge in [0, 0.05) is 41.5 Å². The van der Waals surface area contributed by atoms with Gasteiger partial charge in [0.05, 0.1) is 5.56 Å². The third kappa shape index (κ3) is 11.2. The summed E-state index contributed by atoms with van der Waals surface area (Å²) in [7, 11) is 0. The Hall–Kier alpha value is -4.65. The van der Waals surface area contributed by atoms with E-state index in [1.807, 2.05) is 0 Å². The molecule has 0 aromatic heterocycles. The smallest absolute Gasteiger partial charge is 0.338 e. The van der Waals surface area contributed by atoms with Gasteiger partial charge in [0.25, 0.3) is 0 Å². The van der Waals surface area contributed by atoms with Crippen LogP contribution in [-0.2, 0) is 76.1 Å². The van der Waals surface area contributed by atoms with Crippen LogP contribution in [0.2, 0.25) is 0 Å². The largest absolute Gasteiger partial charge is 0.463 e. The lowest BCUT2D eigenvalue weighted by Gasteiger charge is -2.48. The monoisotopic (exact) mass is 698 g/mol. The molecule has 10 atom stereocenters. The molecule has 2 heterocycles. The molecule has 0 saturated carbocycles. The average Bonchev–Trinajstić information content (AvgIpc) is 3.00. The van der Waals surface area contributed by atoms with Crippen molar-refractivity contribution in [1.82, 2.24) is 0 Å². The van der Waals surface area contributed by atoms with Crippen molar-refractivity contribution in [2.45, 2.75) is 103 Å². The quantitative estimate of drug-likeness (QED) is 0.222. The van der Waals surface area contributed by atoms with Gasteiger partial charge in [-0.05, 0) is 12.1 Å². The molecule has 1 N–H and O–H groups in total. The standard InChI is InChI=1S/C31H38O18/c1-14(32)40-12-21-23(42-16(3)34)25(27(30(39)46-21)45-19(6)37)49-31-28(48-29(38)20-10-8-7-9-11-20)26(44-18(5)36)24(43-17(4)35)22(47-31)13-41-15(2)33/h7-11,21-28,30-31,39H,12-13H2,1-6H3/t21-,22-,23+,24+,25+,26+,27-,28-,30-,31+/m1/s1. The SMILES string of the molecule is CC(=O)OC[C@H]1O[C@@H](O)[C@H](OC(C)=O)[C@@H](O[C@@H]2O[C@H](COC(C)=O)[C@H](OC(C)=O)[C@H](OC(C)=O)[C@H]2OC(=O)c2ccccc2)[C@H]1OC(C)=O. The van der Waals surface area contributed by atoms with Crippen molar-refractivity contribution in [2.75, 3.05) is 13.2 Å². The maximum atomic E-state index is 13.4. The summed E-state index contributed by atoms with van der Waals surface area (Å²) in [6.45, 7) is 5.11. The molecule has 2 saturated heterocycles. The first-order valence-corrected chi connectivity index (χ1v) is 14.9. The van der Waals surface area contributed by atoms with Crippen molar-refractivity contribution in [3.05, 3.63) is 35.9 Å². The topological polar surface area (TPSA) is 232 Å². The molecule has 0 unspecified atom stereocenters. The van der Waals surface area contributed by atoms with E-state index >= 15 is 0 Å². The van der Waals surface area contributed by atoms with Gasteiger partial charge in [0.15, 0.2) is 43.1 Å². The molecule has 3 rings (SSSR count). The van der Waals surface area contributed by atoms with E-state index in [-0.39, 0.29) is 5.56 Å². The first kappa shape index (κ1) is 38.8. The van der Waals surface area contributed by atoms with E-state index in [1.165, 1.54) is 12.1 Å². The molecule has 0 amide bonds. The predicted octanol–water partition coefficient (Wildman–Crippen LogP) is -0.108. The van der Waals surface area contributed by atoms with Crippen LogP contribution in [0.3, 0.4) is 0 Å². The van der Waals surface area contributed by atoms with Gasteiger partial charge in [-0.15, -0.1) is 0 Å². The number of carbonyl (C=O) groups excluding carboxylic acids is 7. The minimum absolute atomic E-state index is 0.0346. The Kier molecular flexibility index (Phi) is 14.0. The highest BCUT2D eigenvalue weighted by Gasteiger charge is 2.57. The van der Waals surface area contributed by atoms with E-state index in [4.69, 9.17) is 47.4 Å². The van der Waals surface area contributed by atoms with Crippen molar-refractivity contribution in [3.8, 4) is 0 Å². The number of ether oxygens (including phenoxy) is 10. The predicted molar refractivity (Wildman–Crippen MR) is 156 cm³/mol. The van der Waals surface area contributed by atoms with E-state index in [0.29, 0.717) is 0 Å². The molecule has 0 radical (unpaired) electrons. The summed E-state index contributed by atoms with van der Waals surface area (Å²) in [4.78, 5) is 85.8. The van der Waals surface area contributed by atoms with Crippen LogP contribution in [0.4, 0.5) is 0 Å². The van der Waals surface area contributed by atoms with E-state index in [9.17, 15) is 38.7 Å². The van der Waals surface area contributed by atoms with E-state index in [0.717, 1.165) is 41.5 Å². The zero-order valence-corrected chi connectivity index (χ0v) is 27.5. The normalized spacial score (nSPS) is 29.4. The van der Waals surface area contributed by atoms with Crippen molar-refractivity contribution in [3.63, 3.8) is 0 Å². The first-order valence-electron chi connectivity index (χ1n) is 14.9.